The number of thioether (sulfide) groups is 1. The molecule has 4 amide bonds. The van der Waals surface area contributed by atoms with Crippen molar-refractivity contribution in [1.29, 1.82) is 0 Å². The molecule has 1 saturated carbocycles. The third kappa shape index (κ3) is 4.81. The lowest BCUT2D eigenvalue weighted by atomic mass is 9.99. The topological polar surface area (TPSA) is 126 Å². The van der Waals surface area contributed by atoms with Crippen molar-refractivity contribution in [2.45, 2.75) is 47.7 Å². The number of ether oxygens (including phenoxy) is 1. The maximum absolute atomic E-state index is 13.4. The Hall–Kier alpha value is -4.38. The predicted octanol–water partition coefficient (Wildman–Crippen LogP) is 3.99. The molecule has 3 aliphatic rings. The van der Waals surface area contributed by atoms with Gasteiger partial charge in [-0.15, -0.1) is 0 Å². The van der Waals surface area contributed by atoms with Gasteiger partial charge in [-0.25, -0.2) is 14.8 Å². The second-order valence-corrected chi connectivity index (χ2v) is 10.6. The van der Waals surface area contributed by atoms with Gasteiger partial charge in [0.15, 0.2) is 0 Å². The Morgan fingerprint density at radius 3 is 2.59 bits per heavy atom. The van der Waals surface area contributed by atoms with Crippen molar-refractivity contribution < 1.29 is 19.1 Å². The predicted molar refractivity (Wildman–Crippen MR) is 146 cm³/mol. The number of anilines is 2. The van der Waals surface area contributed by atoms with Gasteiger partial charge < -0.3 is 20.7 Å². The lowest BCUT2D eigenvalue weighted by Crippen LogP contribution is -2.53. The number of hydrogen-bond acceptors (Lipinski definition) is 7. The number of pyridine rings is 2. The largest absolute Gasteiger partial charge is 0.439 e. The maximum Gasteiger partial charge on any atom is 0.327 e. The fourth-order valence-corrected chi connectivity index (χ4v) is 6.52. The van der Waals surface area contributed by atoms with Crippen LogP contribution in [0.25, 0.3) is 0 Å². The van der Waals surface area contributed by atoms with Gasteiger partial charge in [0.2, 0.25) is 17.7 Å². The van der Waals surface area contributed by atoms with E-state index in [1.54, 1.807) is 53.7 Å². The number of benzene rings is 1. The van der Waals surface area contributed by atoms with E-state index in [9.17, 15) is 14.4 Å². The molecule has 3 aromatic rings. The number of nitrogens with one attached hydrogen (secondary N) is 3. The molecule has 0 spiro atoms. The fraction of sp³-hybridized carbons (Fsp3) is 0.250. The van der Waals surface area contributed by atoms with Crippen LogP contribution < -0.4 is 25.6 Å². The van der Waals surface area contributed by atoms with Gasteiger partial charge in [-0.1, -0.05) is 24.4 Å². The Morgan fingerprint density at radius 2 is 1.85 bits per heavy atom. The SMILES string of the molecule is C=CC(=O)N[C@H]1CCC[C@H]1NC(=O)C1Sc2nccc3c2C1NC(=O)N3c1ccc(Oc2ccccn2)cc1. The minimum absolute atomic E-state index is 0.150. The van der Waals surface area contributed by atoms with Gasteiger partial charge in [0.1, 0.15) is 16.0 Å². The normalized spacial score (nSPS) is 23.0. The molecular formula is C28H26N6O4S. The number of rotatable bonds is 7. The second kappa shape index (κ2) is 10.4. The molecule has 198 valence electrons. The summed E-state index contributed by atoms with van der Waals surface area (Å²) in [6, 6.07) is 13.2. The molecule has 2 unspecified atom stereocenters. The van der Waals surface area contributed by atoms with Crippen LogP contribution in [0.1, 0.15) is 30.9 Å². The van der Waals surface area contributed by atoms with Crippen molar-refractivity contribution in [2.75, 3.05) is 4.90 Å². The van der Waals surface area contributed by atoms with Crippen LogP contribution in [0.4, 0.5) is 16.2 Å². The van der Waals surface area contributed by atoms with Crippen LogP contribution in [-0.4, -0.2) is 45.1 Å². The Kier molecular flexibility index (Phi) is 6.65. The lowest BCUT2D eigenvalue weighted by molar-refractivity contribution is -0.122. The zero-order chi connectivity index (χ0) is 26.9. The molecule has 0 saturated heterocycles. The zero-order valence-electron chi connectivity index (χ0n) is 20.9. The van der Waals surface area contributed by atoms with E-state index in [0.717, 1.165) is 24.8 Å². The molecule has 2 aromatic heterocycles. The first-order valence-corrected chi connectivity index (χ1v) is 13.6. The van der Waals surface area contributed by atoms with Crippen LogP contribution >= 0.6 is 11.8 Å². The summed E-state index contributed by atoms with van der Waals surface area (Å²) in [5.41, 5.74) is 2.16. The number of amides is 4. The van der Waals surface area contributed by atoms with E-state index < -0.39 is 11.3 Å². The van der Waals surface area contributed by atoms with Gasteiger partial charge in [0, 0.05) is 36.1 Å². The van der Waals surface area contributed by atoms with Crippen molar-refractivity contribution in [3.63, 3.8) is 0 Å². The van der Waals surface area contributed by atoms with E-state index in [1.807, 2.05) is 12.1 Å². The highest BCUT2D eigenvalue weighted by molar-refractivity contribution is 8.01. The number of urea groups is 1. The highest BCUT2D eigenvalue weighted by Gasteiger charge is 2.47. The van der Waals surface area contributed by atoms with E-state index in [-0.39, 0.29) is 29.9 Å². The van der Waals surface area contributed by atoms with Gasteiger partial charge in [0.25, 0.3) is 0 Å². The average molecular weight is 543 g/mol. The van der Waals surface area contributed by atoms with Crippen LogP contribution in [0.3, 0.4) is 0 Å². The molecule has 0 radical (unpaired) electrons. The van der Waals surface area contributed by atoms with Gasteiger partial charge in [-0.2, -0.15) is 0 Å². The smallest absolute Gasteiger partial charge is 0.327 e. The average Bonchev–Trinajstić information content (AvgIpc) is 3.54. The summed E-state index contributed by atoms with van der Waals surface area (Å²) in [4.78, 5) is 48.9. The van der Waals surface area contributed by atoms with Crippen molar-refractivity contribution in [2.24, 2.45) is 0 Å². The first-order valence-electron chi connectivity index (χ1n) is 12.7. The molecule has 6 rings (SSSR count). The van der Waals surface area contributed by atoms with Crippen molar-refractivity contribution in [3.8, 4) is 11.6 Å². The molecule has 0 bridgehead atoms. The number of carbonyl (C=O) groups is 3. The quantitative estimate of drug-likeness (QED) is 0.386. The van der Waals surface area contributed by atoms with Gasteiger partial charge in [-0.3, -0.25) is 14.5 Å². The minimum atomic E-state index is -0.578. The third-order valence-corrected chi connectivity index (χ3v) is 8.36. The fourth-order valence-electron chi connectivity index (χ4n) is 5.28. The van der Waals surface area contributed by atoms with E-state index in [0.29, 0.717) is 28.0 Å². The monoisotopic (exact) mass is 542 g/mol. The number of hydrogen-bond donors (Lipinski definition) is 3. The number of nitrogens with zero attached hydrogens (tertiary/aromatic N) is 3. The van der Waals surface area contributed by atoms with E-state index in [1.165, 1.54) is 17.8 Å². The van der Waals surface area contributed by atoms with Crippen LogP contribution in [0, 0.1) is 0 Å². The van der Waals surface area contributed by atoms with Crippen molar-refractivity contribution in [1.82, 2.24) is 25.9 Å². The lowest BCUT2D eigenvalue weighted by Gasteiger charge is -2.34. The van der Waals surface area contributed by atoms with Gasteiger partial charge in [0.05, 0.1) is 17.4 Å². The summed E-state index contributed by atoms with van der Waals surface area (Å²) in [6.45, 7) is 3.50. The minimum Gasteiger partial charge on any atom is -0.439 e. The molecular weight excluding hydrogens is 516 g/mol. The molecule has 1 aliphatic carbocycles. The molecule has 1 fully saturated rings. The first kappa shape index (κ1) is 24.9. The first-order chi connectivity index (χ1) is 19.0. The highest BCUT2D eigenvalue weighted by atomic mass is 32.2. The summed E-state index contributed by atoms with van der Waals surface area (Å²) in [6.07, 6.45) is 7.00. The molecule has 39 heavy (non-hydrogen) atoms. The summed E-state index contributed by atoms with van der Waals surface area (Å²) in [5.74, 6) is 0.621. The Balaban J connectivity index is 1.21. The molecule has 10 nitrogen and oxygen atoms in total. The Bertz CT molecular complexity index is 1430. The standard InChI is InChI=1S/C28H26N6O4S/c1-2-21(35)31-18-6-5-7-19(18)32-26(36)25-24-23-20(13-15-30-27(23)39-25)34(28(37)33-24)16-9-11-17(12-10-16)38-22-8-3-4-14-29-22/h2-4,8-15,18-19,24-25H,1,5-7H2,(H,31,35)(H,32,36)(H,33,37)/t18-,19+,24?,25?/m0/s1. The highest BCUT2D eigenvalue weighted by Crippen LogP contribution is 2.50. The summed E-state index contributed by atoms with van der Waals surface area (Å²) in [5, 5.41) is 9.17. The van der Waals surface area contributed by atoms with Gasteiger partial charge >= 0.3 is 6.03 Å². The van der Waals surface area contributed by atoms with Crippen LogP contribution in [0.5, 0.6) is 11.6 Å². The molecule has 11 heteroatoms. The van der Waals surface area contributed by atoms with Crippen molar-refractivity contribution in [3.05, 3.63) is 79.1 Å². The number of carbonyl (C=O) groups excluding carboxylic acids is 3. The summed E-state index contributed by atoms with van der Waals surface area (Å²) >= 11 is 1.34. The second-order valence-electron chi connectivity index (χ2n) is 9.48. The van der Waals surface area contributed by atoms with Crippen LogP contribution in [-0.2, 0) is 9.59 Å². The Labute approximate surface area is 229 Å². The van der Waals surface area contributed by atoms with Crippen LogP contribution in [0.2, 0.25) is 0 Å². The third-order valence-electron chi connectivity index (χ3n) is 7.08. The molecule has 2 aliphatic heterocycles. The van der Waals surface area contributed by atoms with Crippen LogP contribution in [0.15, 0.2) is 78.6 Å². The number of aromatic nitrogens is 2. The molecule has 4 heterocycles. The molecule has 3 N–H and O–H groups in total. The van der Waals surface area contributed by atoms with E-state index in [2.05, 4.69) is 32.5 Å². The zero-order valence-corrected chi connectivity index (χ0v) is 21.7. The molecule has 1 aromatic carbocycles. The summed E-state index contributed by atoms with van der Waals surface area (Å²) in [7, 11) is 0. The van der Waals surface area contributed by atoms with E-state index in [4.69, 9.17) is 4.74 Å². The molecule has 4 atom stereocenters. The summed E-state index contributed by atoms with van der Waals surface area (Å²) < 4.78 is 5.78. The van der Waals surface area contributed by atoms with Gasteiger partial charge in [-0.05, 0) is 61.7 Å². The van der Waals surface area contributed by atoms with Crippen molar-refractivity contribution >= 4 is 41.0 Å². The maximum atomic E-state index is 13.4. The van der Waals surface area contributed by atoms with E-state index >= 15 is 0 Å². The Morgan fingerprint density at radius 1 is 1.05 bits per heavy atom.